The van der Waals surface area contributed by atoms with Gasteiger partial charge in [-0.3, -0.25) is 25.3 Å². The molecule has 0 aliphatic heterocycles. The Hall–Kier alpha value is -3.55. The molecule has 2 atom stereocenters. The number of aromatic nitrogens is 3. The largest absolute Gasteiger partial charge is 0.293 e. The lowest BCUT2D eigenvalue weighted by atomic mass is 9.95. The molecule has 1 amide bonds. The van der Waals surface area contributed by atoms with E-state index in [2.05, 4.69) is 32.6 Å². The van der Waals surface area contributed by atoms with Gasteiger partial charge in [0.05, 0.1) is 4.92 Å². The monoisotopic (exact) mass is 375 g/mol. The van der Waals surface area contributed by atoms with Crippen molar-refractivity contribution in [1.29, 1.82) is 0 Å². The molecule has 0 radical (unpaired) electrons. The van der Waals surface area contributed by atoms with Gasteiger partial charge in [0, 0.05) is 29.0 Å². The number of amides is 1. The molecule has 2 aliphatic rings. The van der Waals surface area contributed by atoms with Crippen molar-refractivity contribution in [2.75, 3.05) is 5.32 Å². The number of anilines is 1. The molecule has 2 N–H and O–H groups in total. The zero-order valence-electron chi connectivity index (χ0n) is 14.9. The van der Waals surface area contributed by atoms with Gasteiger partial charge in [-0.05, 0) is 30.4 Å². The van der Waals surface area contributed by atoms with Crippen LogP contribution in [0, 0.1) is 16.0 Å². The number of aryl methyl sites for hydroxylation is 1. The van der Waals surface area contributed by atoms with Crippen molar-refractivity contribution in [3.05, 3.63) is 69.8 Å². The van der Waals surface area contributed by atoms with E-state index in [1.807, 2.05) is 12.1 Å². The predicted molar refractivity (Wildman–Crippen MR) is 102 cm³/mol. The molecule has 2 aromatic carbocycles. The fourth-order valence-electron chi connectivity index (χ4n) is 4.35. The van der Waals surface area contributed by atoms with Gasteiger partial charge >= 0.3 is 0 Å². The summed E-state index contributed by atoms with van der Waals surface area (Å²) < 4.78 is 0. The Morgan fingerprint density at radius 3 is 2.96 bits per heavy atom. The molecule has 1 fully saturated rings. The topological polar surface area (TPSA) is 114 Å². The normalized spacial score (nSPS) is 22.1. The third kappa shape index (κ3) is 2.57. The highest BCUT2D eigenvalue weighted by atomic mass is 16.6. The van der Waals surface area contributed by atoms with E-state index in [4.69, 9.17) is 0 Å². The van der Waals surface area contributed by atoms with E-state index < -0.39 is 4.92 Å². The fourth-order valence-corrected chi connectivity index (χ4v) is 4.35. The molecular formula is C20H17N5O3. The first-order valence-corrected chi connectivity index (χ1v) is 9.13. The highest BCUT2D eigenvalue weighted by Crippen LogP contribution is 2.61. The summed E-state index contributed by atoms with van der Waals surface area (Å²) in [5.41, 5.74) is 3.10. The molecule has 8 heteroatoms. The second kappa shape index (κ2) is 5.98. The van der Waals surface area contributed by atoms with Crippen LogP contribution in [-0.4, -0.2) is 26.0 Å². The number of benzene rings is 2. The fraction of sp³-hybridized carbons (Fsp3) is 0.250. The average molecular weight is 375 g/mol. The van der Waals surface area contributed by atoms with Gasteiger partial charge in [-0.25, -0.2) is 0 Å². The molecule has 2 unspecified atom stereocenters. The van der Waals surface area contributed by atoms with Gasteiger partial charge in [0.15, 0.2) is 5.82 Å². The Morgan fingerprint density at radius 2 is 2.11 bits per heavy atom. The number of H-pyrrole nitrogens is 1. The highest BCUT2D eigenvalue weighted by Gasteiger charge is 2.61. The van der Waals surface area contributed by atoms with Crippen molar-refractivity contribution in [3.63, 3.8) is 0 Å². The molecule has 140 valence electrons. The van der Waals surface area contributed by atoms with Crippen LogP contribution in [0.2, 0.25) is 0 Å². The van der Waals surface area contributed by atoms with Gasteiger partial charge in [0.2, 0.25) is 11.9 Å². The van der Waals surface area contributed by atoms with E-state index in [-0.39, 0.29) is 28.9 Å². The van der Waals surface area contributed by atoms with Gasteiger partial charge in [0.1, 0.15) is 0 Å². The lowest BCUT2D eigenvalue weighted by Crippen LogP contribution is -2.20. The first-order chi connectivity index (χ1) is 13.6. The molecule has 1 saturated carbocycles. The van der Waals surface area contributed by atoms with E-state index in [0.29, 0.717) is 11.4 Å². The Balaban J connectivity index is 1.32. The van der Waals surface area contributed by atoms with Crippen molar-refractivity contribution in [3.8, 4) is 11.4 Å². The number of hydrogen-bond acceptors (Lipinski definition) is 5. The molecule has 1 aromatic heterocycles. The molecule has 5 rings (SSSR count). The number of nitrogens with one attached hydrogen (secondary N) is 2. The molecule has 2 aliphatic carbocycles. The lowest BCUT2D eigenvalue weighted by Gasteiger charge is -2.10. The van der Waals surface area contributed by atoms with Crippen LogP contribution in [-0.2, 0) is 16.6 Å². The summed E-state index contributed by atoms with van der Waals surface area (Å²) in [4.78, 5) is 27.5. The van der Waals surface area contributed by atoms with Crippen LogP contribution in [0.5, 0.6) is 0 Å². The van der Waals surface area contributed by atoms with Crippen molar-refractivity contribution in [2.45, 2.75) is 24.7 Å². The minimum atomic E-state index is -0.464. The van der Waals surface area contributed by atoms with Crippen LogP contribution in [0.4, 0.5) is 11.6 Å². The standard InChI is InChI=1S/C20H17N5O3/c26-18(16-11-20(16)9-8-12-4-1-2-7-15(12)20)22-19-21-17(23-24-19)13-5-3-6-14(10-13)25(27)28/h1-7,10,16H,8-9,11H2,(H2,21,22,23,24,26). The van der Waals surface area contributed by atoms with Crippen LogP contribution >= 0.6 is 0 Å². The van der Waals surface area contributed by atoms with Gasteiger partial charge in [-0.15, -0.1) is 5.10 Å². The summed E-state index contributed by atoms with van der Waals surface area (Å²) in [5.74, 6) is 0.396. The van der Waals surface area contributed by atoms with Crippen molar-refractivity contribution in [2.24, 2.45) is 5.92 Å². The number of nitro benzene ring substituents is 1. The van der Waals surface area contributed by atoms with Gasteiger partial charge in [0.25, 0.3) is 5.69 Å². The SMILES string of the molecule is O=C(Nc1n[nH]c(-c2cccc([N+](=O)[O-])c2)n1)C1CC12CCc1ccccc12. The molecule has 1 heterocycles. The maximum Gasteiger partial charge on any atom is 0.270 e. The summed E-state index contributed by atoms with van der Waals surface area (Å²) in [6.07, 6.45) is 2.85. The molecule has 3 aromatic rings. The number of non-ortho nitro benzene ring substituents is 1. The predicted octanol–water partition coefficient (Wildman–Crippen LogP) is 3.22. The zero-order valence-corrected chi connectivity index (χ0v) is 14.9. The smallest absolute Gasteiger partial charge is 0.270 e. The Morgan fingerprint density at radius 1 is 1.25 bits per heavy atom. The van der Waals surface area contributed by atoms with E-state index >= 15 is 0 Å². The summed E-state index contributed by atoms with van der Waals surface area (Å²) in [6.45, 7) is 0. The number of carbonyl (C=O) groups excluding carboxylic acids is 1. The number of nitrogens with zero attached hydrogens (tertiary/aromatic N) is 3. The second-order valence-electron chi connectivity index (χ2n) is 7.37. The minimum absolute atomic E-state index is 0.0284. The van der Waals surface area contributed by atoms with E-state index in [1.54, 1.807) is 12.1 Å². The second-order valence-corrected chi connectivity index (χ2v) is 7.37. The first-order valence-electron chi connectivity index (χ1n) is 9.13. The van der Waals surface area contributed by atoms with Crippen LogP contribution in [0.3, 0.4) is 0 Å². The quantitative estimate of drug-likeness (QED) is 0.537. The number of fused-ring (bicyclic) bond motifs is 2. The van der Waals surface area contributed by atoms with Crippen molar-refractivity contribution < 1.29 is 9.72 Å². The van der Waals surface area contributed by atoms with Crippen LogP contribution in [0.15, 0.2) is 48.5 Å². The molecule has 0 saturated heterocycles. The number of aromatic amines is 1. The summed E-state index contributed by atoms with van der Waals surface area (Å²) in [6, 6.07) is 14.4. The van der Waals surface area contributed by atoms with Crippen LogP contribution in [0.25, 0.3) is 11.4 Å². The maximum atomic E-state index is 12.7. The van der Waals surface area contributed by atoms with E-state index in [0.717, 1.165) is 19.3 Å². The number of carbonyl (C=O) groups is 1. The van der Waals surface area contributed by atoms with E-state index in [1.165, 1.54) is 23.3 Å². The van der Waals surface area contributed by atoms with Crippen LogP contribution < -0.4 is 5.32 Å². The Kier molecular flexibility index (Phi) is 3.55. The summed E-state index contributed by atoms with van der Waals surface area (Å²) in [7, 11) is 0. The molecule has 8 nitrogen and oxygen atoms in total. The van der Waals surface area contributed by atoms with Gasteiger partial charge in [-0.1, -0.05) is 36.4 Å². The third-order valence-corrected chi connectivity index (χ3v) is 5.84. The number of hydrogen-bond donors (Lipinski definition) is 2. The molecule has 1 spiro atoms. The zero-order chi connectivity index (χ0) is 19.3. The maximum absolute atomic E-state index is 12.7. The molecule has 28 heavy (non-hydrogen) atoms. The number of rotatable bonds is 4. The first kappa shape index (κ1) is 16.6. The highest BCUT2D eigenvalue weighted by molar-refractivity contribution is 5.95. The van der Waals surface area contributed by atoms with Crippen molar-refractivity contribution >= 4 is 17.5 Å². The van der Waals surface area contributed by atoms with E-state index in [9.17, 15) is 14.9 Å². The number of nitro groups is 1. The van der Waals surface area contributed by atoms with Crippen molar-refractivity contribution in [1.82, 2.24) is 15.2 Å². The van der Waals surface area contributed by atoms with Crippen LogP contribution in [0.1, 0.15) is 24.0 Å². The third-order valence-electron chi connectivity index (χ3n) is 5.84. The minimum Gasteiger partial charge on any atom is -0.293 e. The molecular weight excluding hydrogens is 358 g/mol. The van der Waals surface area contributed by atoms with Gasteiger partial charge in [-0.2, -0.15) is 4.98 Å². The Labute approximate surface area is 160 Å². The average Bonchev–Trinajstić information content (AvgIpc) is 3.06. The lowest BCUT2D eigenvalue weighted by molar-refractivity contribution is -0.384. The Bertz CT molecular complexity index is 1110. The molecule has 0 bridgehead atoms. The summed E-state index contributed by atoms with van der Waals surface area (Å²) >= 11 is 0. The summed E-state index contributed by atoms with van der Waals surface area (Å²) in [5, 5.41) is 20.5. The van der Waals surface area contributed by atoms with Gasteiger partial charge < -0.3 is 0 Å².